The Balaban J connectivity index is 2.02. The van der Waals surface area contributed by atoms with Crippen LogP contribution >= 0.6 is 11.5 Å². The number of aromatic nitrogens is 1. The number of fused-ring (bicyclic) bond motifs is 1. The van der Waals surface area contributed by atoms with Crippen LogP contribution in [0.15, 0.2) is 30.0 Å². The third-order valence-electron chi connectivity index (χ3n) is 4.17. The molecule has 1 aliphatic heterocycles. The fraction of sp³-hybridized carbons (Fsp3) is 0.438. The molecule has 0 radical (unpaired) electrons. The highest BCUT2D eigenvalue weighted by atomic mass is 32.1. The van der Waals surface area contributed by atoms with Gasteiger partial charge in [-0.15, -0.1) is 0 Å². The average Bonchev–Trinajstić information content (AvgIpc) is 2.93. The van der Waals surface area contributed by atoms with E-state index in [1.807, 2.05) is 6.92 Å². The summed E-state index contributed by atoms with van der Waals surface area (Å²) in [5, 5.41) is 21.4. The summed E-state index contributed by atoms with van der Waals surface area (Å²) in [4.78, 5) is 1.82. The van der Waals surface area contributed by atoms with Crippen LogP contribution in [0.1, 0.15) is 19.0 Å². The van der Waals surface area contributed by atoms with Gasteiger partial charge in [0, 0.05) is 18.1 Å². The first-order valence-corrected chi connectivity index (χ1v) is 8.56. The van der Waals surface area contributed by atoms with E-state index >= 15 is 0 Å². The SMILES string of the molecule is CCCc1nsc2ccc(N3C(O)C=C(C(F)(F)F)N(C)C3O)cc12. The summed E-state index contributed by atoms with van der Waals surface area (Å²) in [6.07, 6.45) is -5.50. The predicted molar refractivity (Wildman–Crippen MR) is 90.0 cm³/mol. The lowest BCUT2D eigenvalue weighted by molar-refractivity contribution is -0.133. The standard InChI is InChI=1S/C16H18F3N3O2S/c1-3-4-11-10-7-9(5-6-12(10)25-20-11)22-14(23)8-13(16(17,18)19)21(2)15(22)24/h5-8,14-15,23-24H,3-4H2,1-2H3. The first-order chi connectivity index (χ1) is 11.7. The molecule has 1 aliphatic rings. The number of halogens is 3. The van der Waals surface area contributed by atoms with Crippen molar-refractivity contribution < 1.29 is 23.4 Å². The van der Waals surface area contributed by atoms with Gasteiger partial charge in [-0.2, -0.15) is 17.5 Å². The van der Waals surface area contributed by atoms with Crippen LogP contribution in [-0.4, -0.2) is 45.3 Å². The average molecular weight is 373 g/mol. The lowest BCUT2D eigenvalue weighted by Crippen LogP contribution is -2.56. The van der Waals surface area contributed by atoms with E-state index in [-0.39, 0.29) is 0 Å². The fourth-order valence-corrected chi connectivity index (χ4v) is 3.72. The van der Waals surface area contributed by atoms with Crippen LogP contribution in [0.5, 0.6) is 0 Å². The molecule has 1 aromatic carbocycles. The van der Waals surface area contributed by atoms with Gasteiger partial charge in [0.05, 0.1) is 10.4 Å². The maximum atomic E-state index is 13.0. The number of anilines is 1. The maximum absolute atomic E-state index is 13.0. The molecule has 2 N–H and O–H groups in total. The largest absolute Gasteiger partial charge is 0.431 e. The molecule has 5 nitrogen and oxygen atoms in total. The number of aliphatic hydroxyl groups is 2. The molecule has 2 aromatic rings. The van der Waals surface area contributed by atoms with Crippen LogP contribution in [0.3, 0.4) is 0 Å². The second-order valence-corrected chi connectivity index (χ2v) is 6.69. The minimum atomic E-state index is -4.65. The van der Waals surface area contributed by atoms with E-state index < -0.39 is 24.5 Å². The van der Waals surface area contributed by atoms with Gasteiger partial charge < -0.3 is 15.1 Å². The van der Waals surface area contributed by atoms with Crippen LogP contribution in [0.2, 0.25) is 0 Å². The van der Waals surface area contributed by atoms with E-state index in [0.29, 0.717) is 16.7 Å². The summed E-state index contributed by atoms with van der Waals surface area (Å²) >= 11 is 1.35. The first kappa shape index (κ1) is 18.0. The van der Waals surface area contributed by atoms with Gasteiger partial charge in [0.25, 0.3) is 0 Å². The van der Waals surface area contributed by atoms with Gasteiger partial charge in [0.2, 0.25) is 6.35 Å². The fourth-order valence-electron chi connectivity index (χ4n) is 2.92. The number of allylic oxidation sites excluding steroid dienone is 1. The number of hydrogen-bond acceptors (Lipinski definition) is 6. The zero-order valence-corrected chi connectivity index (χ0v) is 14.5. The molecule has 0 saturated heterocycles. The molecule has 0 bridgehead atoms. The number of aliphatic hydroxyl groups excluding tert-OH is 2. The molecular formula is C16H18F3N3O2S. The van der Waals surface area contributed by atoms with E-state index in [0.717, 1.165) is 40.6 Å². The highest BCUT2D eigenvalue weighted by Gasteiger charge is 2.44. The van der Waals surface area contributed by atoms with Gasteiger partial charge in [-0.3, -0.25) is 4.90 Å². The van der Waals surface area contributed by atoms with E-state index in [2.05, 4.69) is 4.37 Å². The molecule has 0 spiro atoms. The molecule has 2 atom stereocenters. The minimum absolute atomic E-state index is 0.425. The van der Waals surface area contributed by atoms with E-state index in [9.17, 15) is 23.4 Å². The highest BCUT2D eigenvalue weighted by molar-refractivity contribution is 7.13. The highest BCUT2D eigenvalue weighted by Crippen LogP contribution is 2.36. The molecule has 0 fully saturated rings. The Morgan fingerprint density at radius 1 is 1.28 bits per heavy atom. The number of benzene rings is 1. The van der Waals surface area contributed by atoms with Crippen LogP contribution in [0.25, 0.3) is 10.1 Å². The Morgan fingerprint density at radius 3 is 2.64 bits per heavy atom. The van der Waals surface area contributed by atoms with E-state index in [1.165, 1.54) is 11.5 Å². The van der Waals surface area contributed by atoms with Crippen molar-refractivity contribution in [2.45, 2.75) is 38.5 Å². The van der Waals surface area contributed by atoms with Crippen LogP contribution < -0.4 is 4.90 Å². The Hall–Kier alpha value is -1.84. The van der Waals surface area contributed by atoms with Crippen molar-refractivity contribution in [3.05, 3.63) is 35.7 Å². The molecule has 9 heteroatoms. The Labute approximate surface area is 146 Å². The summed E-state index contributed by atoms with van der Waals surface area (Å²) in [7, 11) is 1.13. The summed E-state index contributed by atoms with van der Waals surface area (Å²) in [6, 6.07) is 5.20. The van der Waals surface area contributed by atoms with Crippen molar-refractivity contribution in [1.82, 2.24) is 9.27 Å². The zero-order valence-electron chi connectivity index (χ0n) is 13.7. The van der Waals surface area contributed by atoms with Crippen molar-refractivity contribution in [2.75, 3.05) is 11.9 Å². The minimum Gasteiger partial charge on any atom is -0.370 e. The number of alkyl halides is 3. The van der Waals surface area contributed by atoms with Gasteiger partial charge >= 0.3 is 6.18 Å². The number of rotatable bonds is 3. The number of nitrogens with zero attached hydrogens (tertiary/aromatic N) is 3. The Morgan fingerprint density at radius 2 is 2.00 bits per heavy atom. The smallest absolute Gasteiger partial charge is 0.370 e. The lowest BCUT2D eigenvalue weighted by atomic mass is 10.1. The topological polar surface area (TPSA) is 59.8 Å². The van der Waals surface area contributed by atoms with Gasteiger partial charge in [0.1, 0.15) is 5.70 Å². The molecule has 2 unspecified atom stereocenters. The number of hydrogen-bond donors (Lipinski definition) is 2. The molecular weight excluding hydrogens is 355 g/mol. The quantitative estimate of drug-likeness (QED) is 0.866. The third-order valence-corrected chi connectivity index (χ3v) is 5.04. The second-order valence-electron chi connectivity index (χ2n) is 5.89. The Kier molecular flexibility index (Phi) is 4.65. The van der Waals surface area contributed by atoms with Crippen LogP contribution in [-0.2, 0) is 6.42 Å². The van der Waals surface area contributed by atoms with Crippen molar-refractivity contribution in [2.24, 2.45) is 0 Å². The van der Waals surface area contributed by atoms with Crippen LogP contribution in [0, 0.1) is 0 Å². The summed E-state index contributed by atoms with van der Waals surface area (Å²) in [5.41, 5.74) is 0.258. The first-order valence-electron chi connectivity index (χ1n) is 7.78. The molecule has 25 heavy (non-hydrogen) atoms. The molecule has 0 saturated carbocycles. The molecule has 0 amide bonds. The van der Waals surface area contributed by atoms with Crippen molar-refractivity contribution in [3.8, 4) is 0 Å². The second kappa shape index (κ2) is 6.47. The molecule has 0 aliphatic carbocycles. The molecule has 3 rings (SSSR count). The molecule has 136 valence electrons. The summed E-state index contributed by atoms with van der Waals surface area (Å²) in [6.45, 7) is 2.03. The predicted octanol–water partition coefficient (Wildman–Crippen LogP) is 3.04. The van der Waals surface area contributed by atoms with Gasteiger partial charge in [-0.1, -0.05) is 13.3 Å². The molecule has 1 aromatic heterocycles. The van der Waals surface area contributed by atoms with Gasteiger partial charge in [0.15, 0.2) is 6.23 Å². The van der Waals surface area contributed by atoms with E-state index in [4.69, 9.17) is 0 Å². The normalized spacial score (nSPS) is 21.8. The lowest BCUT2D eigenvalue weighted by Gasteiger charge is -2.43. The molecule has 2 heterocycles. The van der Waals surface area contributed by atoms with Crippen molar-refractivity contribution >= 4 is 27.3 Å². The monoisotopic (exact) mass is 373 g/mol. The van der Waals surface area contributed by atoms with Gasteiger partial charge in [-0.25, -0.2) is 0 Å². The summed E-state index contributed by atoms with van der Waals surface area (Å²) < 4.78 is 44.4. The van der Waals surface area contributed by atoms with Crippen molar-refractivity contribution in [1.29, 1.82) is 0 Å². The zero-order chi connectivity index (χ0) is 18.4. The maximum Gasteiger partial charge on any atom is 0.431 e. The van der Waals surface area contributed by atoms with Crippen LogP contribution in [0.4, 0.5) is 18.9 Å². The summed E-state index contributed by atoms with van der Waals surface area (Å²) in [5.74, 6) is 0. The van der Waals surface area contributed by atoms with Gasteiger partial charge in [-0.05, 0) is 42.2 Å². The number of aryl methyl sites for hydroxylation is 1. The third kappa shape index (κ3) is 3.19. The van der Waals surface area contributed by atoms with E-state index in [1.54, 1.807) is 18.2 Å². The van der Waals surface area contributed by atoms with Crippen molar-refractivity contribution in [3.63, 3.8) is 0 Å². The Bertz CT molecular complexity index is 806.